The van der Waals surface area contributed by atoms with Gasteiger partial charge in [0.1, 0.15) is 11.5 Å². The molecule has 1 aliphatic carbocycles. The maximum absolute atomic E-state index is 12.4. The molecule has 1 aliphatic heterocycles. The largest absolute Gasteiger partial charge is 0.348 e. The van der Waals surface area contributed by atoms with Gasteiger partial charge in [-0.25, -0.2) is 9.97 Å². The number of likely N-dealkylation sites (tertiary alicyclic amines) is 1. The van der Waals surface area contributed by atoms with Crippen LogP contribution in [0.5, 0.6) is 0 Å². The van der Waals surface area contributed by atoms with Crippen LogP contribution >= 0.6 is 0 Å². The van der Waals surface area contributed by atoms with E-state index in [9.17, 15) is 4.79 Å². The van der Waals surface area contributed by atoms with Crippen LogP contribution in [0.25, 0.3) is 0 Å². The molecule has 1 saturated carbocycles. The van der Waals surface area contributed by atoms with Crippen molar-refractivity contribution in [2.45, 2.75) is 57.5 Å². The van der Waals surface area contributed by atoms with E-state index < -0.39 is 0 Å². The first-order valence-corrected chi connectivity index (χ1v) is 8.00. The second kappa shape index (κ2) is 6.10. The third-order valence-corrected chi connectivity index (χ3v) is 4.61. The highest BCUT2D eigenvalue weighted by molar-refractivity contribution is 5.92. The first-order chi connectivity index (χ1) is 10.1. The quantitative estimate of drug-likeness (QED) is 0.926. The molecule has 114 valence electrons. The number of nitrogens with zero attached hydrogens (tertiary/aromatic N) is 3. The Morgan fingerprint density at radius 2 is 2.00 bits per heavy atom. The van der Waals surface area contributed by atoms with Crippen molar-refractivity contribution in [2.75, 3.05) is 13.6 Å². The average Bonchev–Trinajstić information content (AvgIpc) is 3.09. The van der Waals surface area contributed by atoms with Crippen LogP contribution in [0.15, 0.2) is 6.07 Å². The van der Waals surface area contributed by atoms with Gasteiger partial charge >= 0.3 is 0 Å². The molecule has 1 aromatic rings. The first-order valence-electron chi connectivity index (χ1n) is 8.00. The van der Waals surface area contributed by atoms with Gasteiger partial charge < -0.3 is 5.32 Å². The minimum atomic E-state index is -0.0469. The molecule has 2 heterocycles. The second-order valence-corrected chi connectivity index (χ2v) is 6.35. The summed E-state index contributed by atoms with van der Waals surface area (Å²) in [6.45, 7) is 3.01. The Balaban J connectivity index is 1.78. The molecule has 0 radical (unpaired) electrons. The molecule has 21 heavy (non-hydrogen) atoms. The van der Waals surface area contributed by atoms with Gasteiger partial charge in [0.15, 0.2) is 0 Å². The van der Waals surface area contributed by atoms with E-state index in [0.29, 0.717) is 11.7 Å². The highest BCUT2D eigenvalue weighted by Crippen LogP contribution is 2.28. The third kappa shape index (κ3) is 3.23. The fourth-order valence-corrected chi connectivity index (χ4v) is 3.42. The Labute approximate surface area is 126 Å². The van der Waals surface area contributed by atoms with E-state index in [0.717, 1.165) is 37.3 Å². The van der Waals surface area contributed by atoms with Crippen molar-refractivity contribution in [1.82, 2.24) is 20.2 Å². The lowest BCUT2D eigenvalue weighted by Gasteiger charge is -2.19. The van der Waals surface area contributed by atoms with Crippen LogP contribution in [-0.2, 0) is 0 Å². The summed E-state index contributed by atoms with van der Waals surface area (Å²) >= 11 is 0. The number of aryl methyl sites for hydroxylation is 1. The highest BCUT2D eigenvalue weighted by atomic mass is 16.1. The number of rotatable bonds is 3. The van der Waals surface area contributed by atoms with Gasteiger partial charge in [0.05, 0.1) is 6.04 Å². The monoisotopic (exact) mass is 288 g/mol. The molecule has 1 saturated heterocycles. The lowest BCUT2D eigenvalue weighted by molar-refractivity contribution is 0.0931. The molecule has 0 bridgehead atoms. The molecule has 3 rings (SSSR count). The van der Waals surface area contributed by atoms with Gasteiger partial charge in [-0.05, 0) is 52.3 Å². The van der Waals surface area contributed by atoms with Crippen molar-refractivity contribution in [1.29, 1.82) is 0 Å². The van der Waals surface area contributed by atoms with Gasteiger partial charge in [0.2, 0.25) is 0 Å². The Morgan fingerprint density at radius 1 is 1.24 bits per heavy atom. The fraction of sp³-hybridized carbons (Fsp3) is 0.688. The van der Waals surface area contributed by atoms with E-state index in [4.69, 9.17) is 0 Å². The molecule has 0 spiro atoms. The van der Waals surface area contributed by atoms with Gasteiger partial charge in [-0.2, -0.15) is 0 Å². The van der Waals surface area contributed by atoms with Gasteiger partial charge in [-0.3, -0.25) is 9.69 Å². The van der Waals surface area contributed by atoms with Crippen LogP contribution in [0.3, 0.4) is 0 Å². The Morgan fingerprint density at radius 3 is 2.67 bits per heavy atom. The number of amides is 1. The van der Waals surface area contributed by atoms with Crippen molar-refractivity contribution in [3.05, 3.63) is 23.3 Å². The summed E-state index contributed by atoms with van der Waals surface area (Å²) in [5.41, 5.74) is 1.39. The zero-order valence-electron chi connectivity index (χ0n) is 12.9. The average molecular weight is 288 g/mol. The third-order valence-electron chi connectivity index (χ3n) is 4.61. The van der Waals surface area contributed by atoms with Crippen molar-refractivity contribution in [2.24, 2.45) is 0 Å². The predicted octanol–water partition coefficient (Wildman–Crippen LogP) is 2.22. The van der Waals surface area contributed by atoms with E-state index in [1.807, 2.05) is 6.92 Å². The van der Waals surface area contributed by atoms with E-state index in [2.05, 4.69) is 27.2 Å². The zero-order chi connectivity index (χ0) is 14.8. The molecule has 1 atom stereocenters. The molecule has 1 N–H and O–H groups in total. The van der Waals surface area contributed by atoms with Crippen molar-refractivity contribution < 1.29 is 4.79 Å². The molecule has 1 amide bonds. The first kappa shape index (κ1) is 14.4. The molecular formula is C16H24N4O. The van der Waals surface area contributed by atoms with E-state index in [1.54, 1.807) is 6.07 Å². The minimum absolute atomic E-state index is 0.0469. The molecular weight excluding hydrogens is 264 g/mol. The molecule has 1 aromatic heterocycles. The van der Waals surface area contributed by atoms with Crippen molar-refractivity contribution >= 4 is 5.91 Å². The SMILES string of the molecule is Cc1cc(C(=O)NC2CCCC2)nc(C2CCCN2C)n1. The summed E-state index contributed by atoms with van der Waals surface area (Å²) in [5.74, 6) is 0.751. The van der Waals surface area contributed by atoms with Crippen LogP contribution in [0.2, 0.25) is 0 Å². The number of hydrogen-bond donors (Lipinski definition) is 1. The summed E-state index contributed by atoms with van der Waals surface area (Å²) in [7, 11) is 2.10. The van der Waals surface area contributed by atoms with Crippen LogP contribution in [0, 0.1) is 6.92 Å². The maximum Gasteiger partial charge on any atom is 0.270 e. The predicted molar refractivity (Wildman–Crippen MR) is 81.1 cm³/mol. The Bertz CT molecular complexity index is 525. The van der Waals surface area contributed by atoms with Crippen molar-refractivity contribution in [3.63, 3.8) is 0 Å². The molecule has 5 heteroatoms. The van der Waals surface area contributed by atoms with E-state index >= 15 is 0 Å². The summed E-state index contributed by atoms with van der Waals surface area (Å²) < 4.78 is 0. The Hall–Kier alpha value is -1.49. The smallest absolute Gasteiger partial charge is 0.270 e. The van der Waals surface area contributed by atoms with Gasteiger partial charge in [-0.1, -0.05) is 12.8 Å². The summed E-state index contributed by atoms with van der Waals surface area (Å²) in [4.78, 5) is 23.7. The van der Waals surface area contributed by atoms with Gasteiger partial charge in [-0.15, -0.1) is 0 Å². The molecule has 2 aliphatic rings. The topological polar surface area (TPSA) is 58.1 Å². The van der Waals surface area contributed by atoms with Gasteiger partial charge in [0, 0.05) is 11.7 Å². The standard InChI is InChI=1S/C16H24N4O/c1-11-10-13(16(21)18-12-6-3-4-7-12)19-15(17-11)14-8-5-9-20(14)2/h10,12,14H,3-9H2,1-2H3,(H,18,21). The summed E-state index contributed by atoms with van der Waals surface area (Å²) in [6, 6.07) is 2.37. The van der Waals surface area contributed by atoms with Crippen LogP contribution in [0.1, 0.15) is 66.6 Å². The van der Waals surface area contributed by atoms with Crippen LogP contribution < -0.4 is 5.32 Å². The second-order valence-electron chi connectivity index (χ2n) is 6.35. The van der Waals surface area contributed by atoms with Crippen LogP contribution in [-0.4, -0.2) is 40.4 Å². The molecule has 2 fully saturated rings. The minimum Gasteiger partial charge on any atom is -0.348 e. The Kier molecular flexibility index (Phi) is 4.19. The summed E-state index contributed by atoms with van der Waals surface area (Å²) in [5, 5.41) is 3.11. The highest BCUT2D eigenvalue weighted by Gasteiger charge is 2.26. The number of hydrogen-bond acceptors (Lipinski definition) is 4. The molecule has 1 unspecified atom stereocenters. The lowest BCUT2D eigenvalue weighted by atomic mass is 10.2. The normalized spacial score (nSPS) is 23.6. The fourth-order valence-electron chi connectivity index (χ4n) is 3.42. The molecule has 0 aromatic carbocycles. The number of carbonyl (C=O) groups is 1. The lowest BCUT2D eigenvalue weighted by Crippen LogP contribution is -2.33. The number of aromatic nitrogens is 2. The zero-order valence-corrected chi connectivity index (χ0v) is 12.9. The van der Waals surface area contributed by atoms with Crippen LogP contribution in [0.4, 0.5) is 0 Å². The van der Waals surface area contributed by atoms with E-state index in [-0.39, 0.29) is 11.9 Å². The number of carbonyl (C=O) groups excluding carboxylic acids is 1. The molecule has 5 nitrogen and oxygen atoms in total. The number of nitrogens with one attached hydrogen (secondary N) is 1. The maximum atomic E-state index is 12.4. The van der Waals surface area contributed by atoms with Gasteiger partial charge in [0.25, 0.3) is 5.91 Å². The summed E-state index contributed by atoms with van der Waals surface area (Å²) in [6.07, 6.45) is 6.85. The van der Waals surface area contributed by atoms with Crippen molar-refractivity contribution in [3.8, 4) is 0 Å². The van der Waals surface area contributed by atoms with E-state index in [1.165, 1.54) is 19.3 Å².